The normalized spacial score (nSPS) is 19.4. The SMILES string of the molecule is Cc1ccc(S(=O)(=O)OC2N(COP(C)C(C)(C)C)C=CN2C(C)(C)C)cc1. The van der Waals surface area contributed by atoms with E-state index < -0.39 is 24.6 Å². The molecule has 1 aliphatic heterocycles. The van der Waals surface area contributed by atoms with Crippen molar-refractivity contribution in [2.75, 3.05) is 13.4 Å². The fraction of sp³-hybridized carbons (Fsp3) is 0.600. The lowest BCUT2D eigenvalue weighted by atomic mass is 10.1. The molecule has 0 saturated heterocycles. The molecular weight excluding hydrogens is 395 g/mol. The summed E-state index contributed by atoms with van der Waals surface area (Å²) in [5.74, 6) is 0. The summed E-state index contributed by atoms with van der Waals surface area (Å²) < 4.78 is 37.5. The molecular formula is C20H33N2O4PS. The molecule has 0 aromatic heterocycles. The minimum atomic E-state index is -3.93. The summed E-state index contributed by atoms with van der Waals surface area (Å²) in [6, 6.07) is 6.67. The minimum absolute atomic E-state index is 0.0484. The Morgan fingerprint density at radius 1 is 1.04 bits per heavy atom. The predicted octanol–water partition coefficient (Wildman–Crippen LogP) is 4.67. The van der Waals surface area contributed by atoms with E-state index in [1.165, 1.54) is 0 Å². The van der Waals surface area contributed by atoms with Gasteiger partial charge in [0.15, 0.2) is 0 Å². The van der Waals surface area contributed by atoms with Crippen LogP contribution >= 0.6 is 8.15 Å². The molecule has 158 valence electrons. The third kappa shape index (κ3) is 5.69. The summed E-state index contributed by atoms with van der Waals surface area (Å²) in [6.07, 6.45) is 2.88. The van der Waals surface area contributed by atoms with Crippen molar-refractivity contribution < 1.29 is 17.1 Å². The molecule has 1 aromatic rings. The van der Waals surface area contributed by atoms with Gasteiger partial charge >= 0.3 is 0 Å². The van der Waals surface area contributed by atoms with Crippen molar-refractivity contribution in [3.05, 3.63) is 42.2 Å². The number of nitrogens with zero attached hydrogens (tertiary/aromatic N) is 2. The first-order chi connectivity index (χ1) is 12.7. The van der Waals surface area contributed by atoms with Gasteiger partial charge in [0.05, 0.1) is 4.90 Å². The van der Waals surface area contributed by atoms with Crippen LogP contribution in [0.1, 0.15) is 47.1 Å². The Morgan fingerprint density at radius 2 is 1.61 bits per heavy atom. The van der Waals surface area contributed by atoms with Crippen LogP contribution in [0.4, 0.5) is 0 Å². The second kappa shape index (κ2) is 8.31. The van der Waals surface area contributed by atoms with E-state index in [1.807, 2.05) is 45.0 Å². The van der Waals surface area contributed by atoms with Crippen molar-refractivity contribution in [2.45, 2.75) is 70.4 Å². The molecule has 0 fully saturated rings. The Labute approximate surface area is 171 Å². The standard InChI is InChI=1S/C20H33N2O4PS/c1-16-9-11-17(12-10-16)28(23,24)26-18-21(13-14-22(18)19(2,3)4)15-25-27(8)20(5,6)7/h9-14,18H,15H2,1-8H3. The maximum atomic E-state index is 12.9. The van der Waals surface area contributed by atoms with Crippen LogP contribution < -0.4 is 0 Å². The molecule has 0 amide bonds. The molecule has 0 bridgehead atoms. The highest BCUT2D eigenvalue weighted by molar-refractivity contribution is 7.86. The zero-order valence-electron chi connectivity index (χ0n) is 18.1. The first-order valence-corrected chi connectivity index (χ1v) is 12.4. The maximum absolute atomic E-state index is 12.9. The van der Waals surface area contributed by atoms with Crippen LogP contribution in [0.3, 0.4) is 0 Å². The van der Waals surface area contributed by atoms with Crippen LogP contribution in [0.15, 0.2) is 41.6 Å². The van der Waals surface area contributed by atoms with Gasteiger partial charge in [-0.15, -0.1) is 0 Å². The fourth-order valence-corrected chi connectivity index (χ4v) is 4.15. The van der Waals surface area contributed by atoms with Crippen LogP contribution in [0, 0.1) is 6.92 Å². The van der Waals surface area contributed by atoms with E-state index in [0.717, 1.165) is 5.56 Å². The van der Waals surface area contributed by atoms with Crippen molar-refractivity contribution in [1.82, 2.24) is 9.80 Å². The number of benzene rings is 1. The quantitative estimate of drug-likeness (QED) is 0.485. The van der Waals surface area contributed by atoms with E-state index >= 15 is 0 Å². The Hall–Kier alpha value is -1.14. The number of aryl methyl sites for hydroxylation is 1. The predicted molar refractivity (Wildman–Crippen MR) is 114 cm³/mol. The molecule has 28 heavy (non-hydrogen) atoms. The van der Waals surface area contributed by atoms with E-state index in [4.69, 9.17) is 8.71 Å². The Morgan fingerprint density at radius 3 is 2.11 bits per heavy atom. The largest absolute Gasteiger partial charge is 0.338 e. The summed E-state index contributed by atoms with van der Waals surface area (Å²) in [5, 5.41) is 0.0484. The van der Waals surface area contributed by atoms with Gasteiger partial charge in [0.2, 0.25) is 6.35 Å². The van der Waals surface area contributed by atoms with Crippen molar-refractivity contribution in [1.29, 1.82) is 0 Å². The van der Waals surface area contributed by atoms with Crippen molar-refractivity contribution in [3.8, 4) is 0 Å². The molecule has 0 spiro atoms. The van der Waals surface area contributed by atoms with Gasteiger partial charge in [-0.25, -0.2) is 4.18 Å². The number of hydrogen-bond acceptors (Lipinski definition) is 6. The highest BCUT2D eigenvalue weighted by Crippen LogP contribution is 2.47. The van der Waals surface area contributed by atoms with Gasteiger partial charge in [0.1, 0.15) is 6.73 Å². The Bertz CT molecular complexity index is 795. The third-order valence-corrected chi connectivity index (χ3v) is 8.25. The highest BCUT2D eigenvalue weighted by atomic mass is 32.2. The molecule has 2 unspecified atom stereocenters. The zero-order valence-corrected chi connectivity index (χ0v) is 19.8. The number of hydrogen-bond donors (Lipinski definition) is 0. The van der Waals surface area contributed by atoms with Crippen LogP contribution in [0.2, 0.25) is 0 Å². The van der Waals surface area contributed by atoms with Crippen LogP contribution in [-0.4, -0.2) is 48.7 Å². The fourth-order valence-electron chi connectivity index (χ4n) is 2.45. The molecule has 0 N–H and O–H groups in total. The molecule has 1 aromatic carbocycles. The molecule has 1 heterocycles. The molecule has 2 rings (SSSR count). The second-order valence-corrected chi connectivity index (χ2v) is 13.2. The molecule has 8 heteroatoms. The van der Waals surface area contributed by atoms with E-state index in [1.54, 1.807) is 29.2 Å². The lowest BCUT2D eigenvalue weighted by Gasteiger charge is -2.40. The maximum Gasteiger partial charge on any atom is 0.300 e. The average Bonchev–Trinajstić information content (AvgIpc) is 2.94. The van der Waals surface area contributed by atoms with Crippen molar-refractivity contribution in [3.63, 3.8) is 0 Å². The van der Waals surface area contributed by atoms with Gasteiger partial charge in [-0.05, 0) is 46.5 Å². The lowest BCUT2D eigenvalue weighted by molar-refractivity contribution is -0.0778. The topological polar surface area (TPSA) is 59.1 Å². The first kappa shape index (κ1) is 23.1. The molecule has 6 nitrogen and oxygen atoms in total. The Kier molecular flexibility index (Phi) is 6.87. The molecule has 0 aliphatic carbocycles. The second-order valence-electron chi connectivity index (χ2n) is 9.01. The smallest absolute Gasteiger partial charge is 0.300 e. The minimum Gasteiger partial charge on any atom is -0.338 e. The van der Waals surface area contributed by atoms with E-state index in [2.05, 4.69) is 27.4 Å². The van der Waals surface area contributed by atoms with Crippen molar-refractivity contribution >= 4 is 18.3 Å². The Balaban J connectivity index is 2.22. The van der Waals surface area contributed by atoms with Gasteiger partial charge in [-0.2, -0.15) is 8.42 Å². The van der Waals surface area contributed by atoms with E-state index in [9.17, 15) is 8.42 Å². The van der Waals surface area contributed by atoms with Crippen LogP contribution in [0.5, 0.6) is 0 Å². The van der Waals surface area contributed by atoms with Crippen LogP contribution in [0.25, 0.3) is 0 Å². The summed E-state index contributed by atoms with van der Waals surface area (Å²) in [4.78, 5) is 3.81. The molecule has 2 atom stereocenters. The van der Waals surface area contributed by atoms with Gasteiger partial charge in [0.25, 0.3) is 10.1 Å². The summed E-state index contributed by atoms with van der Waals surface area (Å²) in [6.45, 7) is 16.7. The third-order valence-electron chi connectivity index (χ3n) is 4.58. The van der Waals surface area contributed by atoms with Crippen molar-refractivity contribution in [2.24, 2.45) is 0 Å². The summed E-state index contributed by atoms with van der Waals surface area (Å²) >= 11 is 0. The summed E-state index contributed by atoms with van der Waals surface area (Å²) in [5.41, 5.74) is 0.672. The average molecular weight is 429 g/mol. The van der Waals surface area contributed by atoms with Gasteiger partial charge < -0.3 is 14.3 Å². The van der Waals surface area contributed by atoms with Gasteiger partial charge in [-0.1, -0.05) is 38.5 Å². The highest BCUT2D eigenvalue weighted by Gasteiger charge is 2.38. The molecule has 0 radical (unpaired) electrons. The molecule has 1 aliphatic rings. The van der Waals surface area contributed by atoms with Gasteiger partial charge in [-0.3, -0.25) is 0 Å². The summed E-state index contributed by atoms with van der Waals surface area (Å²) in [7, 11) is -4.61. The van der Waals surface area contributed by atoms with Crippen LogP contribution in [-0.2, 0) is 18.8 Å². The first-order valence-electron chi connectivity index (χ1n) is 9.31. The molecule has 0 saturated carbocycles. The van der Waals surface area contributed by atoms with E-state index in [-0.39, 0.29) is 22.3 Å². The zero-order chi connectivity index (χ0) is 21.3. The lowest BCUT2D eigenvalue weighted by Crippen LogP contribution is -2.50. The number of rotatable bonds is 6. The van der Waals surface area contributed by atoms with E-state index in [0.29, 0.717) is 0 Å². The van der Waals surface area contributed by atoms with Gasteiger partial charge in [0, 0.05) is 31.2 Å². The monoisotopic (exact) mass is 428 g/mol.